The molecule has 1 aromatic rings. The van der Waals surface area contributed by atoms with Crippen molar-refractivity contribution >= 4 is 29.1 Å². The fraction of sp³-hybridized carbons (Fsp3) is 0.571. The van der Waals surface area contributed by atoms with E-state index in [-0.39, 0.29) is 0 Å². The van der Waals surface area contributed by atoms with Crippen LogP contribution >= 0.6 is 23.4 Å². The molecule has 1 N–H and O–H groups in total. The van der Waals surface area contributed by atoms with E-state index in [1.165, 1.54) is 22.8 Å². The molecule has 1 aliphatic heterocycles. The minimum absolute atomic E-state index is 0.887. The molecule has 2 nitrogen and oxygen atoms in total. The fourth-order valence-electron chi connectivity index (χ4n) is 2.24. The van der Waals surface area contributed by atoms with Crippen LogP contribution < -0.4 is 10.2 Å². The molecule has 1 saturated heterocycles. The van der Waals surface area contributed by atoms with Gasteiger partial charge in [0.1, 0.15) is 0 Å². The molecule has 2 rings (SSSR count). The molecule has 1 aliphatic rings. The van der Waals surface area contributed by atoms with Crippen LogP contribution in [0.3, 0.4) is 0 Å². The monoisotopic (exact) mass is 284 g/mol. The van der Waals surface area contributed by atoms with Crippen molar-refractivity contribution in [3.05, 3.63) is 28.8 Å². The first kappa shape index (κ1) is 14.0. The SMILES string of the molecule is CCCNCc1cccc(Cl)c1N1CCSCC1. The zero-order chi connectivity index (χ0) is 12.8. The molecule has 0 bridgehead atoms. The van der Waals surface area contributed by atoms with Crippen LogP contribution in [-0.2, 0) is 6.54 Å². The first-order valence-electron chi connectivity index (χ1n) is 6.63. The van der Waals surface area contributed by atoms with E-state index in [1.807, 2.05) is 23.9 Å². The second-order valence-electron chi connectivity index (χ2n) is 4.52. The maximum absolute atomic E-state index is 6.40. The third kappa shape index (κ3) is 3.56. The van der Waals surface area contributed by atoms with Gasteiger partial charge in [0.25, 0.3) is 0 Å². The van der Waals surface area contributed by atoms with Gasteiger partial charge >= 0.3 is 0 Å². The van der Waals surface area contributed by atoms with Crippen LogP contribution in [0.25, 0.3) is 0 Å². The molecule has 0 aliphatic carbocycles. The number of hydrogen-bond donors (Lipinski definition) is 1. The van der Waals surface area contributed by atoms with Gasteiger partial charge in [-0.2, -0.15) is 11.8 Å². The summed E-state index contributed by atoms with van der Waals surface area (Å²) in [4.78, 5) is 2.43. The molecule has 0 atom stereocenters. The van der Waals surface area contributed by atoms with E-state index in [0.29, 0.717) is 0 Å². The summed E-state index contributed by atoms with van der Waals surface area (Å²) in [7, 11) is 0. The Hall–Kier alpha value is -0.380. The van der Waals surface area contributed by atoms with Gasteiger partial charge in [-0.1, -0.05) is 30.7 Å². The van der Waals surface area contributed by atoms with Gasteiger partial charge in [-0.25, -0.2) is 0 Å². The Kier molecular flexibility index (Phi) is 5.67. The van der Waals surface area contributed by atoms with Crippen molar-refractivity contribution < 1.29 is 0 Å². The molecular formula is C14H21ClN2S. The lowest BCUT2D eigenvalue weighted by Crippen LogP contribution is -2.33. The van der Waals surface area contributed by atoms with Gasteiger partial charge in [0.15, 0.2) is 0 Å². The highest BCUT2D eigenvalue weighted by Gasteiger charge is 2.17. The number of anilines is 1. The minimum atomic E-state index is 0.887. The van der Waals surface area contributed by atoms with Gasteiger partial charge in [-0.15, -0.1) is 0 Å². The van der Waals surface area contributed by atoms with Crippen molar-refractivity contribution in [3.63, 3.8) is 0 Å². The number of rotatable bonds is 5. The summed E-state index contributed by atoms with van der Waals surface area (Å²) in [5, 5.41) is 4.35. The van der Waals surface area contributed by atoms with E-state index in [2.05, 4.69) is 23.2 Å². The maximum atomic E-state index is 6.40. The van der Waals surface area contributed by atoms with Gasteiger partial charge in [0, 0.05) is 31.1 Å². The Morgan fingerprint density at radius 3 is 2.83 bits per heavy atom. The van der Waals surface area contributed by atoms with Gasteiger partial charge in [0.2, 0.25) is 0 Å². The third-order valence-corrected chi connectivity index (χ3v) is 4.39. The summed E-state index contributed by atoms with van der Waals surface area (Å²) in [5.74, 6) is 2.40. The van der Waals surface area contributed by atoms with E-state index >= 15 is 0 Å². The smallest absolute Gasteiger partial charge is 0.0642 e. The molecule has 0 aromatic heterocycles. The van der Waals surface area contributed by atoms with Crippen molar-refractivity contribution in [3.8, 4) is 0 Å². The Morgan fingerprint density at radius 2 is 2.11 bits per heavy atom. The molecule has 0 spiro atoms. The summed E-state index contributed by atoms with van der Waals surface area (Å²) in [6.45, 7) is 6.37. The number of halogens is 1. The number of hydrogen-bond acceptors (Lipinski definition) is 3. The molecule has 0 radical (unpaired) electrons. The average molecular weight is 285 g/mol. The molecule has 0 saturated carbocycles. The summed E-state index contributed by atoms with van der Waals surface area (Å²) < 4.78 is 0. The summed E-state index contributed by atoms with van der Waals surface area (Å²) in [6.07, 6.45) is 1.16. The highest BCUT2D eigenvalue weighted by Crippen LogP contribution is 2.31. The zero-order valence-electron chi connectivity index (χ0n) is 10.9. The van der Waals surface area contributed by atoms with Crippen LogP contribution in [0.1, 0.15) is 18.9 Å². The predicted octanol–water partition coefficient (Wildman–Crippen LogP) is 3.39. The van der Waals surface area contributed by atoms with Crippen molar-refractivity contribution in [1.82, 2.24) is 5.32 Å². The first-order valence-corrected chi connectivity index (χ1v) is 8.17. The fourth-order valence-corrected chi connectivity index (χ4v) is 3.46. The topological polar surface area (TPSA) is 15.3 Å². The molecule has 1 fully saturated rings. The molecule has 1 heterocycles. The lowest BCUT2D eigenvalue weighted by atomic mass is 10.1. The Bertz CT molecular complexity index is 378. The molecular weight excluding hydrogens is 264 g/mol. The van der Waals surface area contributed by atoms with Gasteiger partial charge in [0.05, 0.1) is 10.7 Å². The highest BCUT2D eigenvalue weighted by molar-refractivity contribution is 7.99. The molecule has 0 unspecified atom stereocenters. The molecule has 18 heavy (non-hydrogen) atoms. The van der Waals surface area contributed by atoms with E-state index in [0.717, 1.165) is 37.6 Å². The lowest BCUT2D eigenvalue weighted by molar-refractivity contribution is 0.673. The van der Waals surface area contributed by atoms with Crippen molar-refractivity contribution in [2.45, 2.75) is 19.9 Å². The summed E-state index contributed by atoms with van der Waals surface area (Å²) in [5.41, 5.74) is 2.56. The van der Waals surface area contributed by atoms with E-state index in [4.69, 9.17) is 11.6 Å². The number of para-hydroxylation sites is 1. The first-order chi connectivity index (χ1) is 8.83. The van der Waals surface area contributed by atoms with Crippen molar-refractivity contribution in [2.75, 3.05) is 36.0 Å². The zero-order valence-corrected chi connectivity index (χ0v) is 12.5. The summed E-state index contributed by atoms with van der Waals surface area (Å²) >= 11 is 8.43. The lowest BCUT2D eigenvalue weighted by Gasteiger charge is -2.31. The van der Waals surface area contributed by atoms with Crippen LogP contribution in [0.5, 0.6) is 0 Å². The van der Waals surface area contributed by atoms with Gasteiger partial charge < -0.3 is 10.2 Å². The maximum Gasteiger partial charge on any atom is 0.0642 e. The Balaban J connectivity index is 2.14. The van der Waals surface area contributed by atoms with Crippen LogP contribution in [0.4, 0.5) is 5.69 Å². The standard InChI is InChI=1S/C14H21ClN2S/c1-2-6-16-11-12-4-3-5-13(15)14(12)17-7-9-18-10-8-17/h3-5,16H,2,6-11H2,1H3. The Morgan fingerprint density at radius 1 is 1.33 bits per heavy atom. The quantitative estimate of drug-likeness (QED) is 0.835. The number of thioether (sulfide) groups is 1. The summed E-state index contributed by atoms with van der Waals surface area (Å²) in [6, 6.07) is 6.24. The van der Waals surface area contributed by atoms with Crippen LogP contribution in [0.2, 0.25) is 5.02 Å². The second kappa shape index (κ2) is 7.27. The van der Waals surface area contributed by atoms with Crippen molar-refractivity contribution in [1.29, 1.82) is 0 Å². The number of nitrogens with zero attached hydrogens (tertiary/aromatic N) is 1. The normalized spacial score (nSPS) is 16.0. The molecule has 1 aromatic carbocycles. The average Bonchev–Trinajstić information content (AvgIpc) is 2.40. The van der Waals surface area contributed by atoms with Crippen LogP contribution in [-0.4, -0.2) is 31.1 Å². The second-order valence-corrected chi connectivity index (χ2v) is 6.16. The van der Waals surface area contributed by atoms with Gasteiger partial charge in [-0.3, -0.25) is 0 Å². The highest BCUT2D eigenvalue weighted by atomic mass is 35.5. The molecule has 100 valence electrons. The minimum Gasteiger partial charge on any atom is -0.368 e. The van der Waals surface area contributed by atoms with Crippen LogP contribution in [0, 0.1) is 0 Å². The van der Waals surface area contributed by atoms with Gasteiger partial charge in [-0.05, 0) is 24.6 Å². The van der Waals surface area contributed by atoms with E-state index in [9.17, 15) is 0 Å². The molecule has 0 amide bonds. The predicted molar refractivity (Wildman–Crippen MR) is 83.0 cm³/mol. The van der Waals surface area contributed by atoms with E-state index < -0.39 is 0 Å². The Labute approximate surface area is 119 Å². The number of benzene rings is 1. The largest absolute Gasteiger partial charge is 0.368 e. The van der Waals surface area contributed by atoms with Crippen LogP contribution in [0.15, 0.2) is 18.2 Å². The van der Waals surface area contributed by atoms with Crippen molar-refractivity contribution in [2.24, 2.45) is 0 Å². The third-order valence-electron chi connectivity index (χ3n) is 3.14. The van der Waals surface area contributed by atoms with E-state index in [1.54, 1.807) is 0 Å². The number of nitrogens with one attached hydrogen (secondary N) is 1. The molecule has 4 heteroatoms.